The van der Waals surface area contributed by atoms with Gasteiger partial charge in [0.25, 0.3) is 0 Å². The highest BCUT2D eigenvalue weighted by atomic mass is 16.5. The van der Waals surface area contributed by atoms with E-state index in [1.165, 1.54) is 0 Å². The van der Waals surface area contributed by atoms with Crippen LogP contribution in [0.4, 0.5) is 0 Å². The summed E-state index contributed by atoms with van der Waals surface area (Å²) in [5, 5.41) is 9.13. The van der Waals surface area contributed by atoms with Gasteiger partial charge in [0, 0.05) is 69.9 Å². The molecule has 0 aromatic rings. The van der Waals surface area contributed by atoms with Crippen LogP contribution in [0.2, 0.25) is 0 Å². The summed E-state index contributed by atoms with van der Waals surface area (Å²) in [7, 11) is 0. The number of hydrogen-bond acceptors (Lipinski definition) is 6. The van der Waals surface area contributed by atoms with E-state index in [4.69, 9.17) is 14.6 Å². The van der Waals surface area contributed by atoms with Crippen LogP contribution in [-0.2, 0) is 9.47 Å². The lowest BCUT2D eigenvalue weighted by atomic mass is 9.94. The minimum atomic E-state index is -0.0192. The van der Waals surface area contributed by atoms with Gasteiger partial charge in [-0.1, -0.05) is 0 Å². The highest BCUT2D eigenvalue weighted by Gasteiger charge is 2.43. The summed E-state index contributed by atoms with van der Waals surface area (Å²) in [5.74, 6) is 0.469. The summed E-state index contributed by atoms with van der Waals surface area (Å²) in [6.45, 7) is 19.3. The maximum absolute atomic E-state index is 9.13. The van der Waals surface area contributed by atoms with Crippen LogP contribution in [0, 0.1) is 5.92 Å². The Morgan fingerprint density at radius 2 is 1.54 bits per heavy atom. The molecule has 0 radical (unpaired) electrons. The topological polar surface area (TPSA) is 48.4 Å². The summed E-state index contributed by atoms with van der Waals surface area (Å²) >= 11 is 0. The van der Waals surface area contributed by atoms with Crippen molar-refractivity contribution in [2.24, 2.45) is 5.92 Å². The van der Waals surface area contributed by atoms with E-state index >= 15 is 0 Å². The number of aliphatic hydroxyl groups excluding tert-OH is 1. The lowest BCUT2D eigenvalue weighted by Gasteiger charge is -2.52. The van der Waals surface area contributed by atoms with Gasteiger partial charge in [0.1, 0.15) is 0 Å². The second-order valence-corrected chi connectivity index (χ2v) is 9.37. The summed E-state index contributed by atoms with van der Waals surface area (Å²) in [6, 6.07) is 1.53. The quantitative estimate of drug-likeness (QED) is 0.617. The molecule has 152 valence electrons. The number of hydrogen-bond donors (Lipinski definition) is 1. The Kier molecular flexibility index (Phi) is 6.63. The van der Waals surface area contributed by atoms with Crippen molar-refractivity contribution < 1.29 is 14.6 Å². The Morgan fingerprint density at radius 1 is 0.923 bits per heavy atom. The van der Waals surface area contributed by atoms with Gasteiger partial charge < -0.3 is 14.6 Å². The summed E-state index contributed by atoms with van der Waals surface area (Å²) in [4.78, 5) is 7.32. The molecule has 6 nitrogen and oxygen atoms in total. The van der Waals surface area contributed by atoms with E-state index in [0.717, 1.165) is 52.5 Å². The monoisotopic (exact) mass is 369 g/mol. The van der Waals surface area contributed by atoms with Crippen molar-refractivity contribution in [3.63, 3.8) is 0 Å². The van der Waals surface area contributed by atoms with Crippen LogP contribution in [0.5, 0.6) is 0 Å². The van der Waals surface area contributed by atoms with Crippen LogP contribution in [0.3, 0.4) is 0 Å². The second-order valence-electron chi connectivity index (χ2n) is 9.37. The number of likely N-dealkylation sites (tertiary alicyclic amines) is 3. The van der Waals surface area contributed by atoms with E-state index in [9.17, 15) is 0 Å². The van der Waals surface area contributed by atoms with Crippen LogP contribution >= 0.6 is 0 Å². The van der Waals surface area contributed by atoms with Gasteiger partial charge in [0.2, 0.25) is 0 Å². The molecule has 0 aromatic heterocycles. The second kappa shape index (κ2) is 8.41. The summed E-state index contributed by atoms with van der Waals surface area (Å²) in [5.41, 5.74) is -0.0192. The van der Waals surface area contributed by atoms with Crippen LogP contribution in [-0.4, -0.2) is 109 Å². The highest BCUT2D eigenvalue weighted by Crippen LogP contribution is 2.28. The molecular formula is C20H39N3O3. The zero-order valence-corrected chi connectivity index (χ0v) is 17.4. The van der Waals surface area contributed by atoms with E-state index in [1.54, 1.807) is 0 Å². The van der Waals surface area contributed by atoms with Crippen molar-refractivity contribution in [2.45, 2.75) is 64.4 Å². The van der Waals surface area contributed by atoms with Crippen LogP contribution in [0.15, 0.2) is 0 Å². The minimum Gasteiger partial charge on any atom is -0.396 e. The average Bonchev–Trinajstić information content (AvgIpc) is 2.47. The zero-order chi connectivity index (χ0) is 18.9. The van der Waals surface area contributed by atoms with Crippen molar-refractivity contribution in [3.8, 4) is 0 Å². The molecule has 0 aromatic carbocycles. The molecule has 3 aliphatic heterocycles. The van der Waals surface area contributed by atoms with Crippen molar-refractivity contribution in [3.05, 3.63) is 0 Å². The molecule has 3 aliphatic rings. The van der Waals surface area contributed by atoms with E-state index in [0.29, 0.717) is 36.8 Å². The van der Waals surface area contributed by atoms with Crippen LogP contribution in [0.1, 0.15) is 34.6 Å². The molecule has 3 fully saturated rings. The Bertz CT molecular complexity index is 444. The number of aliphatic hydroxyl groups is 1. The van der Waals surface area contributed by atoms with E-state index in [-0.39, 0.29) is 5.60 Å². The van der Waals surface area contributed by atoms with Crippen molar-refractivity contribution in [1.82, 2.24) is 14.7 Å². The van der Waals surface area contributed by atoms with E-state index in [1.807, 2.05) is 0 Å². The lowest BCUT2D eigenvalue weighted by molar-refractivity contribution is -0.167. The molecule has 3 rings (SSSR count). The smallest absolute Gasteiger partial charge is 0.0907 e. The molecule has 3 heterocycles. The fourth-order valence-electron chi connectivity index (χ4n) is 4.11. The first-order chi connectivity index (χ1) is 12.3. The van der Waals surface area contributed by atoms with Crippen LogP contribution < -0.4 is 0 Å². The normalized spacial score (nSPS) is 27.8. The summed E-state index contributed by atoms with van der Waals surface area (Å²) < 4.78 is 12.3. The number of nitrogens with zero attached hydrogens (tertiary/aromatic N) is 3. The van der Waals surface area contributed by atoms with Gasteiger partial charge in [-0.2, -0.15) is 0 Å². The third-order valence-corrected chi connectivity index (χ3v) is 6.42. The molecule has 6 heteroatoms. The van der Waals surface area contributed by atoms with Gasteiger partial charge in [-0.25, -0.2) is 0 Å². The highest BCUT2D eigenvalue weighted by molar-refractivity contribution is 4.96. The molecule has 0 amide bonds. The Hall–Kier alpha value is -0.240. The van der Waals surface area contributed by atoms with E-state index in [2.05, 4.69) is 49.3 Å². The van der Waals surface area contributed by atoms with Gasteiger partial charge in [-0.15, -0.1) is 0 Å². The molecule has 0 bridgehead atoms. The zero-order valence-electron chi connectivity index (χ0n) is 17.4. The first kappa shape index (κ1) is 20.5. The molecule has 1 N–H and O–H groups in total. The molecule has 0 aliphatic carbocycles. The predicted octanol–water partition coefficient (Wildman–Crippen LogP) is 0.888. The molecule has 26 heavy (non-hydrogen) atoms. The SMILES string of the molecule is CC(C)N1CC(OCC(C)N2CC(C)(OCC(C)N3CC(CO)C3)C2)C1. The lowest BCUT2D eigenvalue weighted by Crippen LogP contribution is -2.65. The molecule has 0 saturated carbocycles. The molecule has 0 spiro atoms. The fourth-order valence-corrected chi connectivity index (χ4v) is 4.11. The maximum Gasteiger partial charge on any atom is 0.0907 e. The fraction of sp³-hybridized carbons (Fsp3) is 1.00. The minimum absolute atomic E-state index is 0.0192. The third-order valence-electron chi connectivity index (χ3n) is 6.42. The van der Waals surface area contributed by atoms with Gasteiger partial charge in [0.05, 0.1) is 24.9 Å². The largest absolute Gasteiger partial charge is 0.396 e. The van der Waals surface area contributed by atoms with Crippen molar-refractivity contribution >= 4 is 0 Å². The maximum atomic E-state index is 9.13. The van der Waals surface area contributed by atoms with Gasteiger partial charge in [0.15, 0.2) is 0 Å². The standard InChI is InChI=1S/C20H39N3O3/c1-15(2)21-8-19(9-21)25-11-16(3)23-13-20(5,14-23)26-12-17(4)22-6-18(7-22)10-24/h15-19,24H,6-14H2,1-5H3. The van der Waals surface area contributed by atoms with Gasteiger partial charge in [-0.3, -0.25) is 14.7 Å². The first-order valence-corrected chi connectivity index (χ1v) is 10.4. The Morgan fingerprint density at radius 3 is 2.12 bits per heavy atom. The van der Waals surface area contributed by atoms with Crippen molar-refractivity contribution in [2.75, 3.05) is 59.1 Å². The Labute approximate surface area is 159 Å². The van der Waals surface area contributed by atoms with Crippen LogP contribution in [0.25, 0.3) is 0 Å². The van der Waals surface area contributed by atoms with Crippen molar-refractivity contribution in [1.29, 1.82) is 0 Å². The molecule has 2 atom stereocenters. The summed E-state index contributed by atoms with van der Waals surface area (Å²) in [6.07, 6.45) is 0.420. The first-order valence-electron chi connectivity index (χ1n) is 10.4. The molecule has 2 unspecified atom stereocenters. The Balaban J connectivity index is 1.27. The third kappa shape index (κ3) is 4.78. The molecular weight excluding hydrogens is 330 g/mol. The number of rotatable bonds is 10. The average molecular weight is 370 g/mol. The van der Waals surface area contributed by atoms with E-state index < -0.39 is 0 Å². The van der Waals surface area contributed by atoms with Gasteiger partial charge in [-0.05, 0) is 34.6 Å². The number of ether oxygens (including phenoxy) is 2. The van der Waals surface area contributed by atoms with Gasteiger partial charge >= 0.3 is 0 Å². The molecule has 3 saturated heterocycles. The predicted molar refractivity (Wildman–Crippen MR) is 103 cm³/mol.